The molecule has 1 aliphatic carbocycles. The van der Waals surface area contributed by atoms with Gasteiger partial charge in [-0.05, 0) is 30.9 Å². The lowest BCUT2D eigenvalue weighted by Gasteiger charge is -2.37. The maximum atomic E-state index is 12.8. The second-order valence-corrected chi connectivity index (χ2v) is 7.23. The molecule has 12 heteroatoms. The van der Waals surface area contributed by atoms with Crippen LogP contribution < -0.4 is 4.74 Å². The molecule has 1 N–H and O–H groups in total. The maximum Gasteiger partial charge on any atom is 0.490 e. The van der Waals surface area contributed by atoms with E-state index in [9.17, 15) is 18.0 Å². The predicted molar refractivity (Wildman–Crippen MR) is 103 cm³/mol. The van der Waals surface area contributed by atoms with Gasteiger partial charge in [0.25, 0.3) is 5.91 Å². The van der Waals surface area contributed by atoms with Gasteiger partial charge >= 0.3 is 12.1 Å². The Morgan fingerprint density at radius 2 is 1.97 bits per heavy atom. The molecule has 3 unspecified atom stereocenters. The van der Waals surface area contributed by atoms with E-state index in [4.69, 9.17) is 19.4 Å². The Kier molecular flexibility index (Phi) is 7.57. The molecule has 3 heterocycles. The van der Waals surface area contributed by atoms with Gasteiger partial charge in [0.05, 0.1) is 43.3 Å². The molecule has 2 fully saturated rings. The van der Waals surface area contributed by atoms with Crippen molar-refractivity contribution < 1.29 is 37.3 Å². The molecule has 3 atom stereocenters. The van der Waals surface area contributed by atoms with Crippen LogP contribution in [0.4, 0.5) is 13.2 Å². The van der Waals surface area contributed by atoms with E-state index >= 15 is 0 Å². The Hall–Kier alpha value is -3.28. The van der Waals surface area contributed by atoms with Crippen LogP contribution in [0.2, 0.25) is 0 Å². The van der Waals surface area contributed by atoms with Gasteiger partial charge in [0.1, 0.15) is 0 Å². The van der Waals surface area contributed by atoms with Crippen molar-refractivity contribution in [2.45, 2.75) is 31.2 Å². The number of aliphatic carboxylic acids is 1. The van der Waals surface area contributed by atoms with Crippen LogP contribution in [0.5, 0.6) is 5.88 Å². The molecule has 0 radical (unpaired) electrons. The number of halogens is 3. The number of ether oxygens (including phenoxy) is 2. The van der Waals surface area contributed by atoms with Crippen molar-refractivity contribution in [1.29, 1.82) is 0 Å². The molecular weight excluding hydrogens is 433 g/mol. The molecule has 2 aromatic heterocycles. The summed E-state index contributed by atoms with van der Waals surface area (Å²) in [5, 5.41) is 14.7. The summed E-state index contributed by atoms with van der Waals surface area (Å²) in [5.41, 5.74) is 0.573. The minimum absolute atomic E-state index is 0.000468. The zero-order valence-corrected chi connectivity index (χ0v) is 16.8. The Bertz CT molecular complexity index is 901. The number of fused-ring (bicyclic) bond motifs is 1. The van der Waals surface area contributed by atoms with Gasteiger partial charge in [-0.2, -0.15) is 23.4 Å². The van der Waals surface area contributed by atoms with E-state index in [-0.39, 0.29) is 18.1 Å². The summed E-state index contributed by atoms with van der Waals surface area (Å²) < 4.78 is 43.4. The first-order valence-electron chi connectivity index (χ1n) is 9.79. The monoisotopic (exact) mass is 454 g/mol. The Labute approximate surface area is 181 Å². The van der Waals surface area contributed by atoms with Crippen LogP contribution >= 0.6 is 0 Å². The smallest absolute Gasteiger partial charge is 0.477 e. The SMILES string of the molecule is O=C(O)C(F)(F)F.O=C(c1ccnnc1)N1CCOC2CC(COc3ccccn3)CC21. The molecule has 1 amide bonds. The largest absolute Gasteiger partial charge is 0.490 e. The van der Waals surface area contributed by atoms with E-state index < -0.39 is 12.1 Å². The number of pyridine rings is 1. The van der Waals surface area contributed by atoms with Gasteiger partial charge < -0.3 is 19.5 Å². The fourth-order valence-corrected chi connectivity index (χ4v) is 3.66. The predicted octanol–water partition coefficient (Wildman–Crippen LogP) is 2.20. The van der Waals surface area contributed by atoms with Gasteiger partial charge in [-0.15, -0.1) is 0 Å². The number of aromatic nitrogens is 3. The third kappa shape index (κ3) is 6.13. The fraction of sp³-hybridized carbons (Fsp3) is 0.450. The van der Waals surface area contributed by atoms with Gasteiger partial charge in [-0.1, -0.05) is 6.07 Å². The van der Waals surface area contributed by atoms with Gasteiger partial charge in [-0.25, -0.2) is 9.78 Å². The van der Waals surface area contributed by atoms with Crippen molar-refractivity contribution >= 4 is 11.9 Å². The quantitative estimate of drug-likeness (QED) is 0.748. The molecule has 2 aliphatic rings. The summed E-state index contributed by atoms with van der Waals surface area (Å²) in [5.74, 6) is -1.78. The number of amides is 1. The van der Waals surface area contributed by atoms with Crippen LogP contribution in [-0.4, -0.2) is 75.1 Å². The molecule has 32 heavy (non-hydrogen) atoms. The summed E-state index contributed by atoms with van der Waals surface area (Å²) in [6, 6.07) is 7.42. The number of carboxylic acids is 1. The van der Waals surface area contributed by atoms with E-state index in [0.717, 1.165) is 12.8 Å². The zero-order valence-electron chi connectivity index (χ0n) is 16.8. The summed E-state index contributed by atoms with van der Waals surface area (Å²) in [6.45, 7) is 1.77. The van der Waals surface area contributed by atoms with E-state index in [2.05, 4.69) is 15.2 Å². The van der Waals surface area contributed by atoms with E-state index in [1.54, 1.807) is 18.5 Å². The van der Waals surface area contributed by atoms with Gasteiger partial charge in [0.2, 0.25) is 5.88 Å². The average Bonchev–Trinajstić information content (AvgIpc) is 3.21. The average molecular weight is 454 g/mol. The number of nitrogens with zero attached hydrogens (tertiary/aromatic N) is 4. The number of carbonyl (C=O) groups excluding carboxylic acids is 1. The van der Waals surface area contributed by atoms with Gasteiger partial charge in [-0.3, -0.25) is 4.79 Å². The van der Waals surface area contributed by atoms with Crippen LogP contribution in [0.15, 0.2) is 42.9 Å². The zero-order chi connectivity index (χ0) is 23.1. The van der Waals surface area contributed by atoms with E-state index in [1.165, 1.54) is 6.20 Å². The topological polar surface area (TPSA) is 115 Å². The Morgan fingerprint density at radius 3 is 2.59 bits per heavy atom. The lowest BCUT2D eigenvalue weighted by atomic mass is 10.1. The summed E-state index contributed by atoms with van der Waals surface area (Å²) >= 11 is 0. The minimum atomic E-state index is -5.08. The standard InChI is InChI=1S/C18H20N4O3.C2HF3O2/c23-18(14-4-6-20-21-11-14)22-7-8-24-16-10-13(9-15(16)22)12-25-17-3-1-2-5-19-17;3-2(4,5)1(6)7/h1-6,11,13,15-16H,7-10,12H2;(H,6,7). The molecule has 1 saturated heterocycles. The molecule has 4 rings (SSSR count). The van der Waals surface area contributed by atoms with Crippen molar-refractivity contribution in [2.75, 3.05) is 19.8 Å². The van der Waals surface area contributed by atoms with E-state index in [0.29, 0.717) is 37.1 Å². The second kappa shape index (κ2) is 10.4. The van der Waals surface area contributed by atoms with Crippen LogP contribution in [0.3, 0.4) is 0 Å². The number of hydrogen-bond acceptors (Lipinski definition) is 7. The molecule has 0 spiro atoms. The summed E-state index contributed by atoms with van der Waals surface area (Å²) in [4.78, 5) is 27.8. The third-order valence-electron chi connectivity index (χ3n) is 5.07. The first kappa shape index (κ1) is 23.4. The van der Waals surface area contributed by atoms with Crippen LogP contribution in [-0.2, 0) is 9.53 Å². The lowest BCUT2D eigenvalue weighted by Crippen LogP contribution is -2.51. The molecule has 2 aromatic rings. The van der Waals surface area contributed by atoms with Crippen LogP contribution in [0, 0.1) is 5.92 Å². The normalized spacial score (nSPS) is 22.3. The van der Waals surface area contributed by atoms with Crippen molar-refractivity contribution in [1.82, 2.24) is 20.1 Å². The molecule has 0 aromatic carbocycles. The highest BCUT2D eigenvalue weighted by molar-refractivity contribution is 5.94. The number of carbonyl (C=O) groups is 2. The highest BCUT2D eigenvalue weighted by Gasteiger charge is 2.43. The van der Waals surface area contributed by atoms with Crippen molar-refractivity contribution in [3.05, 3.63) is 48.4 Å². The van der Waals surface area contributed by atoms with Crippen LogP contribution in [0.25, 0.3) is 0 Å². The lowest BCUT2D eigenvalue weighted by molar-refractivity contribution is -0.192. The number of morpholine rings is 1. The van der Waals surface area contributed by atoms with Gasteiger partial charge in [0.15, 0.2) is 0 Å². The number of rotatable bonds is 4. The summed E-state index contributed by atoms with van der Waals surface area (Å²) in [6.07, 6.45) is 1.55. The maximum absolute atomic E-state index is 12.8. The molecule has 0 bridgehead atoms. The molecular formula is C20H21F3N4O5. The van der Waals surface area contributed by atoms with Crippen molar-refractivity contribution in [3.8, 4) is 5.88 Å². The first-order valence-corrected chi connectivity index (χ1v) is 9.79. The highest BCUT2D eigenvalue weighted by atomic mass is 19.4. The van der Waals surface area contributed by atoms with Crippen molar-refractivity contribution in [2.24, 2.45) is 5.92 Å². The number of alkyl halides is 3. The third-order valence-corrected chi connectivity index (χ3v) is 5.07. The van der Waals surface area contributed by atoms with Crippen molar-refractivity contribution in [3.63, 3.8) is 0 Å². The van der Waals surface area contributed by atoms with Crippen LogP contribution in [0.1, 0.15) is 23.2 Å². The fourth-order valence-electron chi connectivity index (χ4n) is 3.66. The summed E-state index contributed by atoms with van der Waals surface area (Å²) in [7, 11) is 0. The molecule has 1 saturated carbocycles. The van der Waals surface area contributed by atoms with E-state index in [1.807, 2.05) is 23.1 Å². The minimum Gasteiger partial charge on any atom is -0.477 e. The molecule has 172 valence electrons. The molecule has 1 aliphatic heterocycles. The highest BCUT2D eigenvalue weighted by Crippen LogP contribution is 2.35. The first-order chi connectivity index (χ1) is 15.3. The Balaban J connectivity index is 0.000000360. The number of hydrogen-bond donors (Lipinski definition) is 1. The van der Waals surface area contributed by atoms with Gasteiger partial charge in [0, 0.05) is 18.8 Å². The second-order valence-electron chi connectivity index (χ2n) is 7.23. The Morgan fingerprint density at radius 1 is 1.19 bits per heavy atom. The molecule has 9 nitrogen and oxygen atoms in total. The number of carboxylic acid groups (broad SMARTS) is 1.